The summed E-state index contributed by atoms with van der Waals surface area (Å²) >= 11 is 0. The molecule has 1 aliphatic rings. The van der Waals surface area contributed by atoms with Gasteiger partial charge in [0, 0.05) is 18.5 Å². The van der Waals surface area contributed by atoms with Crippen LogP contribution < -0.4 is 10.1 Å². The molecule has 1 amide bonds. The molecule has 0 radical (unpaired) electrons. The minimum absolute atomic E-state index is 0.0680. The van der Waals surface area contributed by atoms with E-state index in [9.17, 15) is 23.1 Å². The molecule has 134 valence electrons. The molecule has 2 atom stereocenters. The first-order valence-electron chi connectivity index (χ1n) is 8.01. The number of hydrogen-bond donors (Lipinski definition) is 2. The Morgan fingerprint density at radius 3 is 2.75 bits per heavy atom. The molecule has 0 aliphatic heterocycles. The number of aromatic hydroxyl groups is 1. The Labute approximate surface area is 139 Å². The van der Waals surface area contributed by atoms with Gasteiger partial charge in [-0.3, -0.25) is 4.79 Å². The third-order valence-corrected chi connectivity index (χ3v) is 4.49. The average molecular weight is 345 g/mol. The quantitative estimate of drug-likeness (QED) is 0.860. The number of carbonyl (C=O) groups excluding carboxylic acids is 1. The third-order valence-electron chi connectivity index (χ3n) is 4.49. The van der Waals surface area contributed by atoms with E-state index in [4.69, 9.17) is 4.74 Å². The van der Waals surface area contributed by atoms with Crippen molar-refractivity contribution < 1.29 is 27.8 Å². The smallest absolute Gasteiger partial charge is 0.391 e. The van der Waals surface area contributed by atoms with Gasteiger partial charge in [0.05, 0.1) is 13.0 Å². The number of ether oxygens (including phenoxy) is 1. The highest BCUT2D eigenvalue weighted by Gasteiger charge is 2.43. The molecule has 0 aromatic heterocycles. The molecule has 1 aliphatic carbocycles. The van der Waals surface area contributed by atoms with Crippen molar-refractivity contribution in [2.75, 3.05) is 13.7 Å². The lowest BCUT2D eigenvalue weighted by atomic mass is 9.80. The number of carbonyl (C=O) groups is 1. The van der Waals surface area contributed by atoms with Crippen LogP contribution in [0.1, 0.15) is 31.2 Å². The molecule has 1 fully saturated rings. The minimum Gasteiger partial charge on any atom is -0.508 e. The first-order valence-corrected chi connectivity index (χ1v) is 8.01. The molecule has 2 N–H and O–H groups in total. The van der Waals surface area contributed by atoms with Crippen LogP contribution in [0.15, 0.2) is 18.2 Å². The first-order chi connectivity index (χ1) is 11.3. The van der Waals surface area contributed by atoms with E-state index in [-0.39, 0.29) is 31.0 Å². The van der Waals surface area contributed by atoms with Gasteiger partial charge >= 0.3 is 6.18 Å². The van der Waals surface area contributed by atoms with Crippen LogP contribution in [0.3, 0.4) is 0 Å². The lowest BCUT2D eigenvalue weighted by molar-refractivity contribution is -0.186. The molecule has 0 unspecified atom stereocenters. The standard InChI is InChI=1S/C17H22F3NO3/c1-24-14-6-5-11(15(22)10-14)7-8-21-16(23)12-3-2-4-13(9-12)17(18,19)20/h5-6,10,12-13,22H,2-4,7-9H2,1H3,(H,21,23)/t12-,13+/m1/s1. The number of rotatable bonds is 5. The summed E-state index contributed by atoms with van der Waals surface area (Å²) in [7, 11) is 1.49. The van der Waals surface area contributed by atoms with Crippen LogP contribution in [-0.2, 0) is 11.2 Å². The Hall–Kier alpha value is -1.92. The second kappa shape index (κ2) is 7.77. The second-order valence-electron chi connectivity index (χ2n) is 6.14. The van der Waals surface area contributed by atoms with Crippen molar-refractivity contribution in [1.82, 2.24) is 5.32 Å². The van der Waals surface area contributed by atoms with Gasteiger partial charge in [0.2, 0.25) is 5.91 Å². The Morgan fingerprint density at radius 1 is 1.38 bits per heavy atom. The molecule has 0 heterocycles. The lowest BCUT2D eigenvalue weighted by Gasteiger charge is -2.29. The number of methoxy groups -OCH3 is 1. The van der Waals surface area contributed by atoms with Gasteiger partial charge in [0.25, 0.3) is 0 Å². The fourth-order valence-corrected chi connectivity index (χ4v) is 3.07. The molecule has 2 rings (SSSR count). The molecule has 0 bridgehead atoms. The van der Waals surface area contributed by atoms with Crippen molar-refractivity contribution in [3.63, 3.8) is 0 Å². The molecule has 4 nitrogen and oxygen atoms in total. The van der Waals surface area contributed by atoms with Crippen molar-refractivity contribution in [2.45, 2.75) is 38.3 Å². The highest BCUT2D eigenvalue weighted by atomic mass is 19.4. The van der Waals surface area contributed by atoms with Crippen molar-refractivity contribution in [1.29, 1.82) is 0 Å². The summed E-state index contributed by atoms with van der Waals surface area (Å²) in [5.41, 5.74) is 0.646. The summed E-state index contributed by atoms with van der Waals surface area (Å²) in [5, 5.41) is 12.5. The van der Waals surface area contributed by atoms with Crippen LogP contribution in [0.25, 0.3) is 0 Å². The maximum absolute atomic E-state index is 12.8. The number of halogens is 3. The molecule has 24 heavy (non-hydrogen) atoms. The zero-order valence-electron chi connectivity index (χ0n) is 13.5. The van der Waals surface area contributed by atoms with Gasteiger partial charge in [0.15, 0.2) is 0 Å². The van der Waals surface area contributed by atoms with Crippen LogP contribution in [0.5, 0.6) is 11.5 Å². The Bertz CT molecular complexity index is 575. The summed E-state index contributed by atoms with van der Waals surface area (Å²) in [6.45, 7) is 0.270. The van der Waals surface area contributed by atoms with Gasteiger partial charge in [-0.05, 0) is 37.3 Å². The molecule has 0 saturated heterocycles. The number of phenols is 1. The van der Waals surface area contributed by atoms with E-state index in [1.165, 1.54) is 13.2 Å². The van der Waals surface area contributed by atoms with Crippen molar-refractivity contribution in [3.05, 3.63) is 23.8 Å². The zero-order valence-corrected chi connectivity index (χ0v) is 13.5. The van der Waals surface area contributed by atoms with Crippen LogP contribution in [-0.4, -0.2) is 30.8 Å². The molecular weight excluding hydrogens is 323 g/mol. The Balaban J connectivity index is 1.83. The normalized spacial score (nSPS) is 21.3. The predicted molar refractivity (Wildman–Crippen MR) is 82.9 cm³/mol. The summed E-state index contributed by atoms with van der Waals surface area (Å²) in [5.74, 6) is -1.71. The maximum Gasteiger partial charge on any atom is 0.391 e. The summed E-state index contributed by atoms with van der Waals surface area (Å²) in [6, 6.07) is 4.87. The summed E-state index contributed by atoms with van der Waals surface area (Å²) in [4.78, 5) is 12.1. The molecule has 1 aromatic rings. The molecule has 1 aromatic carbocycles. The van der Waals surface area contributed by atoms with Gasteiger partial charge in [-0.15, -0.1) is 0 Å². The number of nitrogens with one attached hydrogen (secondary N) is 1. The number of alkyl halides is 3. The number of amides is 1. The fraction of sp³-hybridized carbons (Fsp3) is 0.588. The number of benzene rings is 1. The maximum atomic E-state index is 12.8. The van der Waals surface area contributed by atoms with E-state index >= 15 is 0 Å². The molecular formula is C17H22F3NO3. The Kier molecular flexibility index (Phi) is 5.96. The number of phenolic OH excluding ortho intramolecular Hbond substituents is 1. The predicted octanol–water partition coefficient (Wildman–Crippen LogP) is 3.43. The molecule has 1 saturated carbocycles. The minimum atomic E-state index is -4.23. The van der Waals surface area contributed by atoms with Gasteiger partial charge in [-0.2, -0.15) is 13.2 Å². The van der Waals surface area contributed by atoms with E-state index < -0.39 is 18.0 Å². The van der Waals surface area contributed by atoms with Crippen LogP contribution in [0, 0.1) is 11.8 Å². The van der Waals surface area contributed by atoms with Gasteiger partial charge in [-0.1, -0.05) is 12.5 Å². The number of hydrogen-bond acceptors (Lipinski definition) is 3. The van der Waals surface area contributed by atoms with Gasteiger partial charge in [0.1, 0.15) is 11.5 Å². The highest BCUT2D eigenvalue weighted by molar-refractivity contribution is 5.78. The van der Waals surface area contributed by atoms with Gasteiger partial charge < -0.3 is 15.2 Å². The zero-order chi connectivity index (χ0) is 17.7. The summed E-state index contributed by atoms with van der Waals surface area (Å²) in [6.07, 6.45) is -2.95. The van der Waals surface area contributed by atoms with Crippen molar-refractivity contribution >= 4 is 5.91 Å². The highest BCUT2D eigenvalue weighted by Crippen LogP contribution is 2.39. The van der Waals surface area contributed by atoms with Crippen molar-refractivity contribution in [2.24, 2.45) is 11.8 Å². The average Bonchev–Trinajstić information content (AvgIpc) is 2.55. The third kappa shape index (κ3) is 4.79. The molecule has 0 spiro atoms. The van der Waals surface area contributed by atoms with E-state index in [1.807, 2.05) is 0 Å². The van der Waals surface area contributed by atoms with E-state index in [0.29, 0.717) is 30.6 Å². The van der Waals surface area contributed by atoms with E-state index in [0.717, 1.165) is 0 Å². The monoisotopic (exact) mass is 345 g/mol. The topological polar surface area (TPSA) is 58.6 Å². The first kappa shape index (κ1) is 18.4. The van der Waals surface area contributed by atoms with E-state index in [2.05, 4.69) is 5.32 Å². The van der Waals surface area contributed by atoms with Crippen LogP contribution >= 0.6 is 0 Å². The van der Waals surface area contributed by atoms with E-state index in [1.54, 1.807) is 12.1 Å². The summed E-state index contributed by atoms with van der Waals surface area (Å²) < 4.78 is 43.4. The van der Waals surface area contributed by atoms with Crippen LogP contribution in [0.2, 0.25) is 0 Å². The fourth-order valence-electron chi connectivity index (χ4n) is 3.07. The molecule has 7 heteroatoms. The Morgan fingerprint density at radius 2 is 2.12 bits per heavy atom. The largest absolute Gasteiger partial charge is 0.508 e. The SMILES string of the molecule is COc1ccc(CCNC(=O)[C@@H]2CCC[C@H](C(F)(F)F)C2)c(O)c1. The van der Waals surface area contributed by atoms with Crippen LogP contribution in [0.4, 0.5) is 13.2 Å². The van der Waals surface area contributed by atoms with Crippen molar-refractivity contribution in [3.8, 4) is 11.5 Å². The second-order valence-corrected chi connectivity index (χ2v) is 6.14. The lowest BCUT2D eigenvalue weighted by Crippen LogP contribution is -2.38. The van der Waals surface area contributed by atoms with Gasteiger partial charge in [-0.25, -0.2) is 0 Å².